The molecule has 0 N–H and O–H groups in total. The number of rotatable bonds is 0. The third kappa shape index (κ3) is 1.83. The lowest BCUT2D eigenvalue weighted by Crippen LogP contribution is -2.29. The molecule has 2 aromatic carbocycles. The van der Waals surface area contributed by atoms with Crippen LogP contribution in [0.4, 0.5) is 0 Å². The van der Waals surface area contributed by atoms with Gasteiger partial charge in [-0.3, -0.25) is 0 Å². The Morgan fingerprint density at radius 2 is 1.87 bits per heavy atom. The molecule has 5 rings (SSSR count). The lowest BCUT2D eigenvalue weighted by Gasteiger charge is -2.33. The lowest BCUT2D eigenvalue weighted by molar-refractivity contribution is 0.134. The summed E-state index contributed by atoms with van der Waals surface area (Å²) in [4.78, 5) is 0. The normalized spacial score (nSPS) is 25.1. The molecule has 0 spiro atoms. The van der Waals surface area contributed by atoms with Gasteiger partial charge in [0.15, 0.2) is 0 Å². The fraction of sp³-hybridized carbons (Fsp3) is 0.300. The molecule has 3 heterocycles. The van der Waals surface area contributed by atoms with Crippen LogP contribution in [0.2, 0.25) is 0 Å². The number of hydrogen-bond donors (Lipinski definition) is 0. The lowest BCUT2D eigenvalue weighted by atomic mass is 9.87. The Morgan fingerprint density at radius 1 is 1.00 bits per heavy atom. The summed E-state index contributed by atoms with van der Waals surface area (Å²) in [6, 6.07) is 12.4. The Morgan fingerprint density at radius 3 is 2.78 bits per heavy atom. The molecular weight excluding hydrogens is 288 g/mol. The molecule has 3 heteroatoms. The second-order valence-electron chi connectivity index (χ2n) is 6.93. The Kier molecular flexibility index (Phi) is 2.45. The van der Waals surface area contributed by atoms with Crippen LogP contribution in [-0.4, -0.2) is 12.2 Å². The molecular formula is C20H18O3. The summed E-state index contributed by atoms with van der Waals surface area (Å²) in [5, 5.41) is 0. The van der Waals surface area contributed by atoms with Crippen molar-refractivity contribution < 1.29 is 14.2 Å². The first kappa shape index (κ1) is 13.1. The fourth-order valence-electron chi connectivity index (χ4n) is 3.74. The van der Waals surface area contributed by atoms with Crippen molar-refractivity contribution in [2.24, 2.45) is 0 Å². The largest absolute Gasteiger partial charge is 0.492 e. The van der Waals surface area contributed by atoms with Gasteiger partial charge in [0.25, 0.3) is 0 Å². The Hall–Kier alpha value is -2.42. The van der Waals surface area contributed by atoms with Gasteiger partial charge in [0.05, 0.1) is 18.1 Å². The molecule has 3 nitrogen and oxygen atoms in total. The quantitative estimate of drug-likeness (QED) is 0.718. The maximum atomic E-state index is 6.22. The second kappa shape index (κ2) is 4.31. The van der Waals surface area contributed by atoms with E-state index in [4.69, 9.17) is 14.2 Å². The smallest absolute Gasteiger partial charge is 0.138 e. The number of benzene rings is 2. The van der Waals surface area contributed by atoms with Crippen molar-refractivity contribution in [3.8, 4) is 17.2 Å². The molecule has 2 aromatic rings. The summed E-state index contributed by atoms with van der Waals surface area (Å²) >= 11 is 0. The van der Waals surface area contributed by atoms with Crippen LogP contribution in [0.3, 0.4) is 0 Å². The van der Waals surface area contributed by atoms with Gasteiger partial charge in [0.2, 0.25) is 0 Å². The highest BCUT2D eigenvalue weighted by Crippen LogP contribution is 2.53. The Balaban J connectivity index is 1.62. The van der Waals surface area contributed by atoms with E-state index >= 15 is 0 Å². The van der Waals surface area contributed by atoms with Crippen molar-refractivity contribution in [3.05, 3.63) is 59.2 Å². The first-order valence-corrected chi connectivity index (χ1v) is 8.06. The van der Waals surface area contributed by atoms with Crippen molar-refractivity contribution in [2.75, 3.05) is 6.61 Å². The standard InChI is InChI=1S/C20H18O3/c1-20(2)10-9-13-17(23-20)8-7-14-18(13)21-11-15-12-5-3-4-6-16(12)22-19(14)15/h3-10,15,19H,11H2,1-2H3/t15-,19-/m0/s1. The Labute approximate surface area is 135 Å². The van der Waals surface area contributed by atoms with E-state index in [0.29, 0.717) is 6.61 Å². The van der Waals surface area contributed by atoms with Crippen LogP contribution in [0.1, 0.15) is 42.6 Å². The van der Waals surface area contributed by atoms with Crippen LogP contribution in [0.15, 0.2) is 42.5 Å². The van der Waals surface area contributed by atoms with Crippen LogP contribution in [0.5, 0.6) is 17.2 Å². The van der Waals surface area contributed by atoms with E-state index in [1.807, 2.05) is 18.2 Å². The molecule has 0 fully saturated rings. The molecule has 0 saturated carbocycles. The van der Waals surface area contributed by atoms with E-state index in [0.717, 1.165) is 28.4 Å². The van der Waals surface area contributed by atoms with E-state index in [9.17, 15) is 0 Å². The van der Waals surface area contributed by atoms with Crippen LogP contribution >= 0.6 is 0 Å². The van der Waals surface area contributed by atoms with Gasteiger partial charge in [-0.2, -0.15) is 0 Å². The molecule has 0 radical (unpaired) electrons. The summed E-state index contributed by atoms with van der Waals surface area (Å²) in [5.41, 5.74) is 3.11. The van der Waals surface area contributed by atoms with E-state index < -0.39 is 0 Å². The highest BCUT2D eigenvalue weighted by atomic mass is 16.5. The fourth-order valence-corrected chi connectivity index (χ4v) is 3.74. The van der Waals surface area contributed by atoms with Gasteiger partial charge in [0, 0.05) is 11.1 Å². The molecule has 0 unspecified atom stereocenters. The third-order valence-corrected chi connectivity index (χ3v) is 4.86. The Bertz CT molecular complexity index is 835. The highest BCUT2D eigenvalue weighted by Gasteiger charge is 2.42. The zero-order chi connectivity index (χ0) is 15.6. The third-order valence-electron chi connectivity index (χ3n) is 4.86. The predicted octanol–water partition coefficient (Wildman–Crippen LogP) is 4.48. The van der Waals surface area contributed by atoms with Crippen molar-refractivity contribution in [2.45, 2.75) is 31.5 Å². The average Bonchev–Trinajstić information content (AvgIpc) is 2.92. The molecule has 2 atom stereocenters. The summed E-state index contributed by atoms with van der Waals surface area (Å²) in [6.07, 6.45) is 4.22. The predicted molar refractivity (Wildman–Crippen MR) is 88.2 cm³/mol. The first-order valence-electron chi connectivity index (χ1n) is 8.06. The van der Waals surface area contributed by atoms with Crippen LogP contribution in [0, 0.1) is 0 Å². The van der Waals surface area contributed by atoms with Crippen LogP contribution < -0.4 is 14.2 Å². The van der Waals surface area contributed by atoms with E-state index in [-0.39, 0.29) is 17.6 Å². The van der Waals surface area contributed by atoms with Crippen molar-refractivity contribution in [1.82, 2.24) is 0 Å². The molecule has 0 amide bonds. The minimum Gasteiger partial charge on any atom is -0.492 e. The molecule has 116 valence electrons. The van der Waals surface area contributed by atoms with Crippen molar-refractivity contribution in [3.63, 3.8) is 0 Å². The summed E-state index contributed by atoms with van der Waals surface area (Å²) < 4.78 is 18.4. The molecule has 23 heavy (non-hydrogen) atoms. The topological polar surface area (TPSA) is 27.7 Å². The maximum absolute atomic E-state index is 6.22. The van der Waals surface area contributed by atoms with E-state index in [1.54, 1.807) is 0 Å². The first-order chi connectivity index (χ1) is 11.1. The van der Waals surface area contributed by atoms with Crippen molar-refractivity contribution in [1.29, 1.82) is 0 Å². The van der Waals surface area contributed by atoms with Gasteiger partial charge in [-0.15, -0.1) is 0 Å². The molecule has 0 bridgehead atoms. The number of para-hydroxylation sites is 1. The molecule has 3 aliphatic heterocycles. The summed E-state index contributed by atoms with van der Waals surface area (Å²) in [5.74, 6) is 3.03. The second-order valence-corrected chi connectivity index (χ2v) is 6.93. The molecule has 0 aromatic heterocycles. The van der Waals surface area contributed by atoms with Gasteiger partial charge in [-0.05, 0) is 44.2 Å². The molecule has 0 saturated heterocycles. The average molecular weight is 306 g/mol. The van der Waals surface area contributed by atoms with Crippen LogP contribution in [0.25, 0.3) is 6.08 Å². The molecule has 3 aliphatic rings. The van der Waals surface area contributed by atoms with Gasteiger partial charge < -0.3 is 14.2 Å². The summed E-state index contributed by atoms with van der Waals surface area (Å²) in [7, 11) is 0. The van der Waals surface area contributed by atoms with Crippen molar-refractivity contribution >= 4 is 6.08 Å². The SMILES string of the molecule is CC1(C)C=Cc2c(ccc3c2OC[C@H]2c4ccccc4O[C@@H]32)O1. The zero-order valence-electron chi connectivity index (χ0n) is 13.2. The van der Waals surface area contributed by atoms with Gasteiger partial charge >= 0.3 is 0 Å². The van der Waals surface area contributed by atoms with Gasteiger partial charge in [-0.1, -0.05) is 18.2 Å². The number of hydrogen-bond acceptors (Lipinski definition) is 3. The monoisotopic (exact) mass is 306 g/mol. The maximum Gasteiger partial charge on any atom is 0.138 e. The minimum absolute atomic E-state index is 0.0322. The zero-order valence-corrected chi connectivity index (χ0v) is 13.2. The van der Waals surface area contributed by atoms with Crippen LogP contribution in [-0.2, 0) is 0 Å². The number of ether oxygens (including phenoxy) is 3. The van der Waals surface area contributed by atoms with Gasteiger partial charge in [-0.25, -0.2) is 0 Å². The van der Waals surface area contributed by atoms with Gasteiger partial charge in [0.1, 0.15) is 29.0 Å². The van der Waals surface area contributed by atoms with E-state index in [2.05, 4.69) is 44.2 Å². The highest BCUT2D eigenvalue weighted by molar-refractivity contribution is 5.70. The van der Waals surface area contributed by atoms with E-state index in [1.165, 1.54) is 5.56 Å². The molecule has 0 aliphatic carbocycles. The minimum atomic E-state index is -0.279. The summed E-state index contributed by atoms with van der Waals surface area (Å²) in [6.45, 7) is 4.75. The number of fused-ring (bicyclic) bond motifs is 7.